The third kappa shape index (κ3) is 5.13. The average Bonchev–Trinajstić information content (AvgIpc) is 2.59. The molecule has 0 aromatic heterocycles. The summed E-state index contributed by atoms with van der Waals surface area (Å²) in [4.78, 5) is 12.5. The summed E-state index contributed by atoms with van der Waals surface area (Å²) < 4.78 is 35.5. The van der Waals surface area contributed by atoms with Gasteiger partial charge in [-0.15, -0.1) is 0 Å². The van der Waals surface area contributed by atoms with E-state index in [0.717, 1.165) is 11.8 Å². The topological polar surface area (TPSA) is 93.7 Å². The Bertz CT molecular complexity index is 896. The Labute approximate surface area is 153 Å². The van der Waals surface area contributed by atoms with Crippen molar-refractivity contribution in [2.45, 2.75) is 13.0 Å². The van der Waals surface area contributed by atoms with E-state index in [4.69, 9.17) is 9.47 Å². The van der Waals surface area contributed by atoms with Crippen LogP contribution in [0.3, 0.4) is 0 Å². The number of methoxy groups -OCH3 is 2. The maximum atomic E-state index is 12.5. The second-order valence-corrected chi connectivity index (χ2v) is 7.51. The van der Waals surface area contributed by atoms with Crippen LogP contribution in [-0.4, -0.2) is 34.8 Å². The van der Waals surface area contributed by atoms with E-state index >= 15 is 0 Å². The first kappa shape index (κ1) is 19.6. The van der Waals surface area contributed by atoms with Crippen molar-refractivity contribution < 1.29 is 22.7 Å². The second kappa shape index (κ2) is 8.09. The van der Waals surface area contributed by atoms with Crippen LogP contribution in [0.25, 0.3) is 0 Å². The summed E-state index contributed by atoms with van der Waals surface area (Å²) in [6, 6.07) is 11.4. The van der Waals surface area contributed by atoms with Gasteiger partial charge in [0.25, 0.3) is 5.91 Å². The number of nitrogens with one attached hydrogen (secondary N) is 2. The minimum absolute atomic E-state index is 0.283. The standard InChI is InChI=1S/C18H22N2O5S/c1-12(13-8-9-16(24-2)17(11-13)25-3)19-18(21)14-6-5-7-15(10-14)20-26(4,22)23/h5-12,20H,1-4H3,(H,19,21)/t12-/m1/s1. The molecule has 0 heterocycles. The molecule has 0 fully saturated rings. The first-order chi connectivity index (χ1) is 12.2. The Morgan fingerprint density at radius 2 is 1.73 bits per heavy atom. The van der Waals surface area contributed by atoms with Crippen LogP contribution in [-0.2, 0) is 10.0 Å². The molecule has 2 aromatic carbocycles. The quantitative estimate of drug-likeness (QED) is 0.772. The monoisotopic (exact) mass is 378 g/mol. The Balaban J connectivity index is 2.15. The predicted octanol–water partition coefficient (Wildman–Crippen LogP) is 2.57. The zero-order chi connectivity index (χ0) is 19.3. The highest BCUT2D eigenvalue weighted by atomic mass is 32.2. The molecule has 0 radical (unpaired) electrons. The molecule has 1 atom stereocenters. The first-order valence-corrected chi connectivity index (χ1v) is 9.73. The normalized spacial score (nSPS) is 12.2. The van der Waals surface area contributed by atoms with E-state index < -0.39 is 10.0 Å². The summed E-state index contributed by atoms with van der Waals surface area (Å²) in [5.41, 5.74) is 1.53. The number of benzene rings is 2. The van der Waals surface area contributed by atoms with E-state index in [-0.39, 0.29) is 11.9 Å². The van der Waals surface area contributed by atoms with Gasteiger partial charge >= 0.3 is 0 Å². The molecule has 0 aliphatic heterocycles. The van der Waals surface area contributed by atoms with E-state index in [1.807, 2.05) is 13.0 Å². The molecule has 0 spiro atoms. The lowest BCUT2D eigenvalue weighted by Gasteiger charge is -2.17. The maximum Gasteiger partial charge on any atom is 0.251 e. The smallest absolute Gasteiger partial charge is 0.251 e. The molecule has 7 nitrogen and oxygen atoms in total. The van der Waals surface area contributed by atoms with Crippen molar-refractivity contribution in [3.63, 3.8) is 0 Å². The lowest BCUT2D eigenvalue weighted by Crippen LogP contribution is -2.26. The largest absolute Gasteiger partial charge is 0.493 e. The number of sulfonamides is 1. The van der Waals surface area contributed by atoms with E-state index in [1.54, 1.807) is 44.6 Å². The van der Waals surface area contributed by atoms with Crippen molar-refractivity contribution in [1.29, 1.82) is 0 Å². The van der Waals surface area contributed by atoms with Crippen molar-refractivity contribution in [2.75, 3.05) is 25.2 Å². The van der Waals surface area contributed by atoms with Gasteiger partial charge in [-0.25, -0.2) is 8.42 Å². The van der Waals surface area contributed by atoms with Gasteiger partial charge < -0.3 is 14.8 Å². The third-order valence-electron chi connectivity index (χ3n) is 3.68. The molecule has 2 N–H and O–H groups in total. The maximum absolute atomic E-state index is 12.5. The molecule has 1 amide bonds. The summed E-state index contributed by atoms with van der Waals surface area (Å²) in [5, 5.41) is 2.88. The zero-order valence-electron chi connectivity index (χ0n) is 15.1. The zero-order valence-corrected chi connectivity index (χ0v) is 15.9. The molecule has 0 saturated heterocycles. The number of anilines is 1. The van der Waals surface area contributed by atoms with Crippen molar-refractivity contribution in [2.24, 2.45) is 0 Å². The lowest BCUT2D eigenvalue weighted by molar-refractivity contribution is 0.0940. The molecule has 0 bridgehead atoms. The fourth-order valence-electron chi connectivity index (χ4n) is 2.42. The molecular weight excluding hydrogens is 356 g/mol. The van der Waals surface area contributed by atoms with Gasteiger partial charge in [0.1, 0.15) is 0 Å². The highest BCUT2D eigenvalue weighted by Gasteiger charge is 2.14. The first-order valence-electron chi connectivity index (χ1n) is 7.84. The van der Waals surface area contributed by atoms with E-state index in [2.05, 4.69) is 10.0 Å². The van der Waals surface area contributed by atoms with E-state index in [0.29, 0.717) is 22.7 Å². The van der Waals surface area contributed by atoms with Gasteiger partial charge in [-0.2, -0.15) is 0 Å². The molecular formula is C18H22N2O5S. The van der Waals surface area contributed by atoms with Crippen LogP contribution in [0, 0.1) is 0 Å². The van der Waals surface area contributed by atoms with Crippen molar-refractivity contribution in [3.8, 4) is 11.5 Å². The SMILES string of the molecule is COc1ccc([C@@H](C)NC(=O)c2cccc(NS(C)(=O)=O)c2)cc1OC. The summed E-state index contributed by atoms with van der Waals surface area (Å²) >= 11 is 0. The van der Waals surface area contributed by atoms with Gasteiger partial charge in [-0.1, -0.05) is 12.1 Å². The molecule has 140 valence electrons. The lowest BCUT2D eigenvalue weighted by atomic mass is 10.1. The van der Waals surface area contributed by atoms with Crippen LogP contribution in [0.15, 0.2) is 42.5 Å². The highest BCUT2D eigenvalue weighted by molar-refractivity contribution is 7.92. The van der Waals surface area contributed by atoms with Crippen LogP contribution in [0.2, 0.25) is 0 Å². The van der Waals surface area contributed by atoms with Gasteiger partial charge in [0, 0.05) is 11.3 Å². The Morgan fingerprint density at radius 3 is 2.35 bits per heavy atom. The average molecular weight is 378 g/mol. The summed E-state index contributed by atoms with van der Waals surface area (Å²) in [6.07, 6.45) is 1.05. The number of hydrogen-bond acceptors (Lipinski definition) is 5. The fourth-order valence-corrected chi connectivity index (χ4v) is 2.98. The van der Waals surface area contributed by atoms with Gasteiger partial charge in [0.15, 0.2) is 11.5 Å². The Morgan fingerprint density at radius 1 is 1.04 bits per heavy atom. The second-order valence-electron chi connectivity index (χ2n) is 5.76. The van der Waals surface area contributed by atoms with Crippen molar-refractivity contribution in [3.05, 3.63) is 53.6 Å². The van der Waals surface area contributed by atoms with Crippen molar-refractivity contribution >= 4 is 21.6 Å². The Kier molecular flexibility index (Phi) is 6.10. The van der Waals surface area contributed by atoms with Gasteiger partial charge in [-0.3, -0.25) is 9.52 Å². The van der Waals surface area contributed by atoms with Crippen LogP contribution in [0.5, 0.6) is 11.5 Å². The molecule has 26 heavy (non-hydrogen) atoms. The van der Waals surface area contributed by atoms with Crippen molar-refractivity contribution in [1.82, 2.24) is 5.32 Å². The number of rotatable bonds is 7. The number of carbonyl (C=O) groups excluding carboxylic acids is 1. The highest BCUT2D eigenvalue weighted by Crippen LogP contribution is 2.30. The van der Waals surface area contributed by atoms with Gasteiger partial charge in [-0.05, 0) is 42.8 Å². The molecule has 0 aliphatic rings. The number of carbonyl (C=O) groups is 1. The third-order valence-corrected chi connectivity index (χ3v) is 4.29. The van der Waals surface area contributed by atoms with Crippen LogP contribution in [0.1, 0.15) is 28.9 Å². The Hall–Kier alpha value is -2.74. The minimum Gasteiger partial charge on any atom is -0.493 e. The number of ether oxygens (including phenoxy) is 2. The molecule has 2 aromatic rings. The molecule has 2 rings (SSSR count). The van der Waals surface area contributed by atoms with Gasteiger partial charge in [0.2, 0.25) is 10.0 Å². The molecule has 0 aliphatic carbocycles. The fraction of sp³-hybridized carbons (Fsp3) is 0.278. The number of hydrogen-bond donors (Lipinski definition) is 2. The summed E-state index contributed by atoms with van der Waals surface area (Å²) in [5.74, 6) is 0.865. The molecule has 0 unspecified atom stereocenters. The van der Waals surface area contributed by atoms with E-state index in [1.165, 1.54) is 6.07 Å². The van der Waals surface area contributed by atoms with Gasteiger partial charge in [0.05, 0.1) is 26.5 Å². The van der Waals surface area contributed by atoms with E-state index in [9.17, 15) is 13.2 Å². The van der Waals surface area contributed by atoms with Crippen LogP contribution < -0.4 is 19.5 Å². The summed E-state index contributed by atoms with van der Waals surface area (Å²) in [7, 11) is -0.305. The minimum atomic E-state index is -3.41. The predicted molar refractivity (Wildman–Crippen MR) is 100 cm³/mol. The number of amides is 1. The van der Waals surface area contributed by atoms with Crippen LogP contribution in [0.4, 0.5) is 5.69 Å². The summed E-state index contributed by atoms with van der Waals surface area (Å²) in [6.45, 7) is 1.84. The molecule has 0 saturated carbocycles. The van der Waals surface area contributed by atoms with Crippen LogP contribution >= 0.6 is 0 Å². The molecule has 8 heteroatoms.